The van der Waals surface area contributed by atoms with Gasteiger partial charge in [0.25, 0.3) is 0 Å². The Morgan fingerprint density at radius 2 is 1.59 bits per heavy atom. The number of nitrogens with one attached hydrogen (secondary N) is 1. The maximum atomic E-state index is 9.01. The molecule has 0 amide bonds. The second-order valence-corrected chi connectivity index (χ2v) is 4.89. The molecule has 0 heterocycles. The topological polar surface area (TPSA) is 38.7 Å². The molecule has 104 valence electrons. The van der Waals surface area contributed by atoms with Crippen molar-refractivity contribution in [2.45, 2.75) is 25.7 Å². The minimum Gasteiger partial charge on any atom is -0.395 e. The molecule has 0 aromatic rings. The molecule has 0 saturated carbocycles. The molecule has 0 atom stereocenters. The van der Waals surface area contributed by atoms with Gasteiger partial charge < -0.3 is 15.3 Å². The number of aliphatic hydroxyl groups is 1. The van der Waals surface area contributed by atoms with Crippen LogP contribution in [-0.4, -0.2) is 75.4 Å². The van der Waals surface area contributed by atoms with Crippen molar-refractivity contribution in [1.82, 2.24) is 15.1 Å². The van der Waals surface area contributed by atoms with E-state index in [4.69, 9.17) is 5.11 Å². The van der Waals surface area contributed by atoms with Crippen LogP contribution in [0.15, 0.2) is 0 Å². The molecule has 0 aliphatic heterocycles. The lowest BCUT2D eigenvalue weighted by Gasteiger charge is -2.23. The smallest absolute Gasteiger partial charge is 0.0558 e. The van der Waals surface area contributed by atoms with Gasteiger partial charge in [-0.15, -0.1) is 0 Å². The van der Waals surface area contributed by atoms with Crippen LogP contribution >= 0.6 is 0 Å². The number of rotatable bonds is 12. The normalized spacial score (nSPS) is 11.6. The molecule has 4 nitrogen and oxygen atoms in total. The van der Waals surface area contributed by atoms with Crippen LogP contribution in [0.4, 0.5) is 0 Å². The van der Waals surface area contributed by atoms with Gasteiger partial charge in [0, 0.05) is 19.6 Å². The van der Waals surface area contributed by atoms with Gasteiger partial charge in [-0.2, -0.15) is 0 Å². The summed E-state index contributed by atoms with van der Waals surface area (Å²) in [7, 11) is 6.19. The minimum absolute atomic E-state index is 0.271. The minimum atomic E-state index is 0.271. The maximum absolute atomic E-state index is 9.01. The molecule has 0 aromatic heterocycles. The summed E-state index contributed by atoms with van der Waals surface area (Å²) in [4.78, 5) is 4.55. The summed E-state index contributed by atoms with van der Waals surface area (Å²) in [5, 5.41) is 12.2. The molecule has 0 rings (SSSR count). The molecule has 0 fully saturated rings. The average molecular weight is 245 g/mol. The molecule has 2 N–H and O–H groups in total. The van der Waals surface area contributed by atoms with Crippen molar-refractivity contribution in [3.8, 4) is 0 Å². The summed E-state index contributed by atoms with van der Waals surface area (Å²) in [6.07, 6.45) is 5.12. The molecule has 0 radical (unpaired) electrons. The molecule has 0 bridgehead atoms. The van der Waals surface area contributed by atoms with Crippen molar-refractivity contribution in [2.75, 3.05) is 60.5 Å². The number of hydrogen-bond donors (Lipinski definition) is 2. The van der Waals surface area contributed by atoms with Crippen molar-refractivity contribution < 1.29 is 5.11 Å². The number of nitrogens with zero attached hydrogens (tertiary/aromatic N) is 2. The first-order chi connectivity index (χ1) is 8.20. The number of hydrogen-bond acceptors (Lipinski definition) is 4. The van der Waals surface area contributed by atoms with Crippen molar-refractivity contribution >= 4 is 0 Å². The predicted octanol–water partition coefficient (Wildman–Crippen LogP) is 0.622. The van der Waals surface area contributed by atoms with Crippen LogP contribution in [0, 0.1) is 0 Å². The highest BCUT2D eigenvalue weighted by Gasteiger charge is 2.04. The molecule has 0 aliphatic carbocycles. The van der Waals surface area contributed by atoms with Gasteiger partial charge in [-0.05, 0) is 47.1 Å². The number of unbranched alkanes of at least 4 members (excludes halogenated alkanes) is 3. The van der Waals surface area contributed by atoms with Crippen LogP contribution in [0.1, 0.15) is 25.7 Å². The van der Waals surface area contributed by atoms with Crippen LogP contribution in [0.5, 0.6) is 0 Å². The Labute approximate surface area is 107 Å². The van der Waals surface area contributed by atoms with E-state index in [9.17, 15) is 0 Å². The molecule has 0 spiro atoms. The number of aliphatic hydroxyl groups excluding tert-OH is 1. The summed E-state index contributed by atoms with van der Waals surface area (Å²) in [6.45, 7) is 5.45. The van der Waals surface area contributed by atoms with Gasteiger partial charge in [-0.1, -0.05) is 12.8 Å². The Bertz CT molecular complexity index is 154. The highest BCUT2D eigenvalue weighted by atomic mass is 16.3. The monoisotopic (exact) mass is 245 g/mol. The summed E-state index contributed by atoms with van der Waals surface area (Å²) < 4.78 is 0. The summed E-state index contributed by atoms with van der Waals surface area (Å²) in [5.74, 6) is 0. The average Bonchev–Trinajstić information content (AvgIpc) is 2.30. The number of likely N-dealkylation sites (N-methyl/N-ethyl adjacent to an activating group) is 1. The molecule has 0 aliphatic rings. The fraction of sp³-hybridized carbons (Fsp3) is 1.00. The van der Waals surface area contributed by atoms with E-state index in [1.165, 1.54) is 25.7 Å². The van der Waals surface area contributed by atoms with Crippen molar-refractivity contribution in [1.29, 1.82) is 0 Å². The third-order valence-corrected chi connectivity index (χ3v) is 2.93. The highest BCUT2D eigenvalue weighted by molar-refractivity contribution is 4.59. The SMILES string of the molecule is CNCCCCCCN(CCO)CCN(C)C. The van der Waals surface area contributed by atoms with Crippen molar-refractivity contribution in [3.05, 3.63) is 0 Å². The van der Waals surface area contributed by atoms with Gasteiger partial charge in [0.2, 0.25) is 0 Å². The lowest BCUT2D eigenvalue weighted by Crippen LogP contribution is -2.34. The molecule has 4 heteroatoms. The first-order valence-electron chi connectivity index (χ1n) is 6.83. The van der Waals surface area contributed by atoms with E-state index in [1.807, 2.05) is 7.05 Å². The first-order valence-corrected chi connectivity index (χ1v) is 6.83. The van der Waals surface area contributed by atoms with E-state index >= 15 is 0 Å². The third kappa shape index (κ3) is 12.1. The molecule has 0 saturated heterocycles. The van der Waals surface area contributed by atoms with Gasteiger partial charge >= 0.3 is 0 Å². The van der Waals surface area contributed by atoms with Gasteiger partial charge in [-0.3, -0.25) is 4.90 Å². The van der Waals surface area contributed by atoms with Crippen LogP contribution in [-0.2, 0) is 0 Å². The third-order valence-electron chi connectivity index (χ3n) is 2.93. The van der Waals surface area contributed by atoms with Gasteiger partial charge in [0.15, 0.2) is 0 Å². The van der Waals surface area contributed by atoms with Gasteiger partial charge in [-0.25, -0.2) is 0 Å². The molecule has 0 aromatic carbocycles. The predicted molar refractivity (Wildman–Crippen MR) is 74.5 cm³/mol. The maximum Gasteiger partial charge on any atom is 0.0558 e. The van der Waals surface area contributed by atoms with Crippen LogP contribution < -0.4 is 5.32 Å². The zero-order valence-electron chi connectivity index (χ0n) is 11.9. The summed E-state index contributed by atoms with van der Waals surface area (Å²) in [5.41, 5.74) is 0. The summed E-state index contributed by atoms with van der Waals surface area (Å²) >= 11 is 0. The van der Waals surface area contributed by atoms with Gasteiger partial charge in [0.1, 0.15) is 0 Å². The highest BCUT2D eigenvalue weighted by Crippen LogP contribution is 2.01. The van der Waals surface area contributed by atoms with Crippen LogP contribution in [0.25, 0.3) is 0 Å². The zero-order chi connectivity index (χ0) is 12.9. The van der Waals surface area contributed by atoms with Crippen LogP contribution in [0.2, 0.25) is 0 Å². The molecular weight excluding hydrogens is 214 g/mol. The lowest BCUT2D eigenvalue weighted by molar-refractivity contribution is 0.181. The largest absolute Gasteiger partial charge is 0.395 e. The van der Waals surface area contributed by atoms with Crippen molar-refractivity contribution in [3.63, 3.8) is 0 Å². The summed E-state index contributed by atoms with van der Waals surface area (Å²) in [6, 6.07) is 0. The van der Waals surface area contributed by atoms with Gasteiger partial charge in [0.05, 0.1) is 6.61 Å². The van der Waals surface area contributed by atoms with E-state index in [1.54, 1.807) is 0 Å². The van der Waals surface area contributed by atoms with Crippen molar-refractivity contribution in [2.24, 2.45) is 0 Å². The van der Waals surface area contributed by atoms with E-state index in [0.717, 1.165) is 32.7 Å². The Morgan fingerprint density at radius 3 is 2.18 bits per heavy atom. The quantitative estimate of drug-likeness (QED) is 0.495. The fourth-order valence-corrected chi connectivity index (χ4v) is 1.81. The molecule has 17 heavy (non-hydrogen) atoms. The Morgan fingerprint density at radius 1 is 0.882 bits per heavy atom. The standard InChI is InChI=1S/C13H31N3O/c1-14-8-6-4-5-7-9-16(12-13-17)11-10-15(2)3/h14,17H,4-13H2,1-3H3. The first kappa shape index (κ1) is 16.8. The zero-order valence-corrected chi connectivity index (χ0v) is 11.9. The van der Waals surface area contributed by atoms with E-state index in [2.05, 4.69) is 29.2 Å². The van der Waals surface area contributed by atoms with E-state index < -0.39 is 0 Å². The Kier molecular flexibility index (Phi) is 12.2. The Hall–Kier alpha value is -0.160. The second kappa shape index (κ2) is 12.3. The Balaban J connectivity index is 3.48. The fourth-order valence-electron chi connectivity index (χ4n) is 1.81. The van der Waals surface area contributed by atoms with Crippen LogP contribution in [0.3, 0.4) is 0 Å². The lowest BCUT2D eigenvalue weighted by atomic mass is 10.2. The molecular formula is C13H31N3O. The van der Waals surface area contributed by atoms with E-state index in [-0.39, 0.29) is 6.61 Å². The molecule has 0 unspecified atom stereocenters. The van der Waals surface area contributed by atoms with E-state index in [0.29, 0.717) is 0 Å². The second-order valence-electron chi connectivity index (χ2n) is 4.89.